The maximum absolute atomic E-state index is 12.0. The first-order valence-electron chi connectivity index (χ1n) is 7.21. The van der Waals surface area contributed by atoms with E-state index in [1.807, 2.05) is 0 Å². The summed E-state index contributed by atoms with van der Waals surface area (Å²) in [5.74, 6) is -1.18. The van der Waals surface area contributed by atoms with Gasteiger partial charge in [-0.25, -0.2) is 0 Å². The molecule has 2 saturated carbocycles. The zero-order valence-electron chi connectivity index (χ0n) is 11.8. The van der Waals surface area contributed by atoms with Gasteiger partial charge in [-0.15, -0.1) is 0 Å². The predicted octanol–water partition coefficient (Wildman–Crippen LogP) is 1.09. The number of carboxylic acid groups (broad SMARTS) is 1. The van der Waals surface area contributed by atoms with Gasteiger partial charge in [0.05, 0.1) is 5.92 Å². The maximum Gasteiger partial charge on any atom is 0.306 e. The molecule has 5 heteroatoms. The third kappa shape index (κ3) is 3.69. The summed E-state index contributed by atoms with van der Waals surface area (Å²) in [4.78, 5) is 25.2. The van der Waals surface area contributed by atoms with E-state index in [9.17, 15) is 9.59 Å². The summed E-state index contributed by atoms with van der Waals surface area (Å²) in [5.41, 5.74) is 0. The highest BCUT2D eigenvalue weighted by molar-refractivity contribution is 5.80. The fourth-order valence-electron chi connectivity index (χ4n) is 2.82. The van der Waals surface area contributed by atoms with Gasteiger partial charge in [0.15, 0.2) is 0 Å². The number of amides is 1. The Morgan fingerprint density at radius 1 is 1.26 bits per heavy atom. The molecule has 2 aliphatic rings. The van der Waals surface area contributed by atoms with Crippen molar-refractivity contribution in [2.45, 2.75) is 51.1 Å². The summed E-state index contributed by atoms with van der Waals surface area (Å²) >= 11 is 0. The van der Waals surface area contributed by atoms with Gasteiger partial charge in [0.25, 0.3) is 0 Å². The molecule has 108 valence electrons. The Balaban J connectivity index is 1.71. The van der Waals surface area contributed by atoms with Crippen molar-refractivity contribution in [1.82, 2.24) is 10.2 Å². The van der Waals surface area contributed by atoms with Crippen molar-refractivity contribution in [2.75, 3.05) is 13.6 Å². The van der Waals surface area contributed by atoms with Crippen molar-refractivity contribution >= 4 is 11.9 Å². The minimum absolute atomic E-state index is 0.0276. The molecule has 19 heavy (non-hydrogen) atoms. The van der Waals surface area contributed by atoms with Crippen LogP contribution in [0.2, 0.25) is 0 Å². The number of hydrogen-bond acceptors (Lipinski definition) is 3. The number of nitrogens with one attached hydrogen (secondary N) is 1. The smallest absolute Gasteiger partial charge is 0.306 e. The Hall–Kier alpha value is -1.10. The molecule has 2 fully saturated rings. The highest BCUT2D eigenvalue weighted by Gasteiger charge is 2.34. The summed E-state index contributed by atoms with van der Waals surface area (Å²) < 4.78 is 0. The van der Waals surface area contributed by atoms with Crippen molar-refractivity contribution in [3.05, 3.63) is 0 Å². The highest BCUT2D eigenvalue weighted by Crippen LogP contribution is 2.31. The average molecular weight is 268 g/mol. The Kier molecular flexibility index (Phi) is 4.45. The van der Waals surface area contributed by atoms with Gasteiger partial charge in [0.1, 0.15) is 0 Å². The second-order valence-corrected chi connectivity index (χ2v) is 6.04. The molecule has 2 rings (SSSR count). The molecule has 1 amide bonds. The lowest BCUT2D eigenvalue weighted by Crippen LogP contribution is -2.42. The first-order chi connectivity index (χ1) is 8.99. The molecule has 0 aromatic rings. The Bertz CT molecular complexity index is 355. The normalized spacial score (nSPS) is 28.4. The van der Waals surface area contributed by atoms with Gasteiger partial charge in [-0.3, -0.25) is 14.5 Å². The van der Waals surface area contributed by atoms with Crippen LogP contribution in [0.3, 0.4) is 0 Å². The molecular weight excluding hydrogens is 244 g/mol. The van der Waals surface area contributed by atoms with E-state index in [0.29, 0.717) is 37.9 Å². The van der Waals surface area contributed by atoms with Crippen LogP contribution in [0.25, 0.3) is 0 Å². The second-order valence-electron chi connectivity index (χ2n) is 6.04. The number of rotatable bonds is 6. The first kappa shape index (κ1) is 14.3. The maximum atomic E-state index is 12.0. The lowest BCUT2D eigenvalue weighted by atomic mass is 10.0. The Morgan fingerprint density at radius 2 is 1.89 bits per heavy atom. The predicted molar refractivity (Wildman–Crippen MR) is 71.7 cm³/mol. The first-order valence-corrected chi connectivity index (χ1v) is 7.21. The fourth-order valence-corrected chi connectivity index (χ4v) is 2.82. The molecule has 3 atom stereocenters. The number of hydrogen-bond donors (Lipinski definition) is 2. The molecule has 0 bridgehead atoms. The van der Waals surface area contributed by atoms with Crippen LogP contribution in [-0.4, -0.2) is 47.6 Å². The third-order valence-electron chi connectivity index (χ3n) is 4.54. The molecule has 2 aliphatic carbocycles. The van der Waals surface area contributed by atoms with Gasteiger partial charge >= 0.3 is 5.97 Å². The average Bonchev–Trinajstić information content (AvgIpc) is 3.10. The standard InChI is InChI=1S/C14H24N2O3/c1-9(16(2)12-5-6-12)8-15-13(17)10-3-4-11(7-10)14(18)19/h9-12H,3-8H2,1-2H3,(H,15,17)(H,18,19). The van der Waals surface area contributed by atoms with Gasteiger partial charge in [-0.2, -0.15) is 0 Å². The van der Waals surface area contributed by atoms with Gasteiger partial charge in [-0.1, -0.05) is 0 Å². The number of aliphatic carboxylic acids is 1. The van der Waals surface area contributed by atoms with Crippen LogP contribution in [0, 0.1) is 11.8 Å². The lowest BCUT2D eigenvalue weighted by Gasteiger charge is -2.25. The quantitative estimate of drug-likeness (QED) is 0.756. The van der Waals surface area contributed by atoms with Crippen LogP contribution in [0.1, 0.15) is 39.0 Å². The van der Waals surface area contributed by atoms with Crippen LogP contribution in [0.4, 0.5) is 0 Å². The van der Waals surface area contributed by atoms with Gasteiger partial charge in [-0.05, 0) is 46.1 Å². The Morgan fingerprint density at radius 3 is 2.42 bits per heavy atom. The van der Waals surface area contributed by atoms with Crippen LogP contribution in [0.5, 0.6) is 0 Å². The van der Waals surface area contributed by atoms with Crippen LogP contribution in [0.15, 0.2) is 0 Å². The summed E-state index contributed by atoms with van der Waals surface area (Å²) in [7, 11) is 2.10. The number of carbonyl (C=O) groups excluding carboxylic acids is 1. The fraction of sp³-hybridized carbons (Fsp3) is 0.857. The SMILES string of the molecule is CC(CNC(=O)C1CCC(C(=O)O)C1)N(C)C1CC1. The molecule has 2 N–H and O–H groups in total. The molecule has 0 aromatic carbocycles. The third-order valence-corrected chi connectivity index (χ3v) is 4.54. The van der Waals surface area contributed by atoms with E-state index in [1.165, 1.54) is 12.8 Å². The van der Waals surface area contributed by atoms with E-state index in [4.69, 9.17) is 5.11 Å². The van der Waals surface area contributed by atoms with Gasteiger partial charge in [0.2, 0.25) is 5.91 Å². The largest absolute Gasteiger partial charge is 0.481 e. The minimum atomic E-state index is -0.767. The van der Waals surface area contributed by atoms with E-state index < -0.39 is 5.97 Å². The second kappa shape index (κ2) is 5.90. The van der Waals surface area contributed by atoms with Crippen molar-refractivity contribution < 1.29 is 14.7 Å². The van der Waals surface area contributed by atoms with Crippen molar-refractivity contribution in [2.24, 2.45) is 11.8 Å². The number of carboxylic acids is 1. The zero-order valence-corrected chi connectivity index (χ0v) is 11.8. The number of carbonyl (C=O) groups is 2. The summed E-state index contributed by atoms with van der Waals surface area (Å²) in [6, 6.07) is 1.03. The van der Waals surface area contributed by atoms with Crippen LogP contribution < -0.4 is 5.32 Å². The lowest BCUT2D eigenvalue weighted by molar-refractivity contribution is -0.141. The van der Waals surface area contributed by atoms with Crippen LogP contribution in [-0.2, 0) is 9.59 Å². The van der Waals surface area contributed by atoms with Crippen LogP contribution >= 0.6 is 0 Å². The van der Waals surface area contributed by atoms with E-state index in [0.717, 1.165) is 0 Å². The molecule has 3 unspecified atom stereocenters. The summed E-state index contributed by atoms with van der Waals surface area (Å²) in [6.07, 6.45) is 4.35. The van der Waals surface area contributed by atoms with Crippen molar-refractivity contribution in [3.63, 3.8) is 0 Å². The molecule has 5 nitrogen and oxygen atoms in total. The topological polar surface area (TPSA) is 69.6 Å². The molecule has 0 aromatic heterocycles. The number of nitrogens with zero attached hydrogens (tertiary/aromatic N) is 1. The molecule has 0 heterocycles. The van der Waals surface area contributed by atoms with Crippen molar-refractivity contribution in [1.29, 1.82) is 0 Å². The molecular formula is C14H24N2O3. The van der Waals surface area contributed by atoms with E-state index in [2.05, 4.69) is 24.2 Å². The van der Waals surface area contributed by atoms with E-state index in [1.54, 1.807) is 0 Å². The van der Waals surface area contributed by atoms with Crippen molar-refractivity contribution in [3.8, 4) is 0 Å². The monoisotopic (exact) mass is 268 g/mol. The summed E-state index contributed by atoms with van der Waals surface area (Å²) in [6.45, 7) is 2.77. The van der Waals surface area contributed by atoms with Gasteiger partial charge < -0.3 is 10.4 Å². The molecule has 0 radical (unpaired) electrons. The molecule has 0 saturated heterocycles. The van der Waals surface area contributed by atoms with E-state index >= 15 is 0 Å². The number of likely N-dealkylation sites (N-methyl/N-ethyl adjacent to an activating group) is 1. The zero-order chi connectivity index (χ0) is 14.0. The minimum Gasteiger partial charge on any atom is -0.481 e. The van der Waals surface area contributed by atoms with Gasteiger partial charge in [0, 0.05) is 24.5 Å². The molecule has 0 spiro atoms. The summed E-state index contributed by atoms with van der Waals surface area (Å²) in [5, 5.41) is 11.9. The Labute approximate surface area is 114 Å². The highest BCUT2D eigenvalue weighted by atomic mass is 16.4. The van der Waals surface area contributed by atoms with E-state index in [-0.39, 0.29) is 17.7 Å². The molecule has 0 aliphatic heterocycles.